The molecule has 0 amide bonds. The van der Waals surface area contributed by atoms with Gasteiger partial charge in [-0.3, -0.25) is 4.79 Å². The lowest BCUT2D eigenvalue weighted by Gasteiger charge is -2.15. The molecule has 0 saturated heterocycles. The van der Waals surface area contributed by atoms with E-state index in [1.807, 2.05) is 37.3 Å². The Morgan fingerprint density at radius 3 is 2.56 bits per heavy atom. The van der Waals surface area contributed by atoms with Crippen molar-refractivity contribution >= 4 is 5.97 Å². The van der Waals surface area contributed by atoms with Gasteiger partial charge in [0.1, 0.15) is 6.04 Å². The van der Waals surface area contributed by atoms with Gasteiger partial charge in [0.25, 0.3) is 0 Å². The van der Waals surface area contributed by atoms with E-state index in [0.29, 0.717) is 0 Å². The number of hydrogen-bond acceptors (Lipinski definition) is 4. The molecule has 0 fully saturated rings. The van der Waals surface area contributed by atoms with Crippen molar-refractivity contribution < 1.29 is 14.3 Å². The lowest BCUT2D eigenvalue weighted by atomic mass is 10.1. The van der Waals surface area contributed by atoms with E-state index < -0.39 is 12.0 Å². The zero-order valence-corrected chi connectivity index (χ0v) is 9.55. The first-order chi connectivity index (χ1) is 7.65. The highest BCUT2D eigenvalue weighted by atomic mass is 16.5. The number of rotatable bonds is 5. The van der Waals surface area contributed by atoms with Crippen LogP contribution in [0.3, 0.4) is 0 Å². The summed E-state index contributed by atoms with van der Waals surface area (Å²) in [4.78, 5) is 11.0. The minimum absolute atomic E-state index is 0.0862. The van der Waals surface area contributed by atoms with E-state index in [-0.39, 0.29) is 12.7 Å². The van der Waals surface area contributed by atoms with Gasteiger partial charge >= 0.3 is 5.97 Å². The zero-order valence-electron chi connectivity index (χ0n) is 9.55. The number of ether oxygens (including phenoxy) is 2. The molecule has 1 rings (SSSR count). The molecule has 0 spiro atoms. The average molecular weight is 223 g/mol. The van der Waals surface area contributed by atoms with Crippen LogP contribution in [0.1, 0.15) is 18.6 Å². The van der Waals surface area contributed by atoms with Crippen LogP contribution in [0.25, 0.3) is 0 Å². The van der Waals surface area contributed by atoms with Gasteiger partial charge < -0.3 is 15.2 Å². The Labute approximate surface area is 95.3 Å². The molecule has 0 aliphatic rings. The Balaban J connectivity index is 2.41. The van der Waals surface area contributed by atoms with Crippen LogP contribution in [-0.2, 0) is 14.3 Å². The molecule has 88 valence electrons. The molecular formula is C12H17NO3. The smallest absolute Gasteiger partial charge is 0.325 e. The Morgan fingerprint density at radius 1 is 1.38 bits per heavy atom. The molecule has 0 aliphatic carbocycles. The second-order valence-corrected chi connectivity index (χ2v) is 3.52. The number of carbonyl (C=O) groups excluding carboxylic acids is 1. The molecule has 2 atom stereocenters. The fourth-order valence-electron chi connectivity index (χ4n) is 1.29. The maximum absolute atomic E-state index is 11.0. The zero-order chi connectivity index (χ0) is 12.0. The molecule has 0 saturated carbocycles. The molecule has 4 nitrogen and oxygen atoms in total. The Morgan fingerprint density at radius 2 is 2.00 bits per heavy atom. The molecule has 2 unspecified atom stereocenters. The van der Waals surface area contributed by atoms with E-state index in [4.69, 9.17) is 10.5 Å². The summed E-state index contributed by atoms with van der Waals surface area (Å²) in [6.07, 6.45) is -0.0862. The summed E-state index contributed by atoms with van der Waals surface area (Å²) >= 11 is 0. The van der Waals surface area contributed by atoms with E-state index in [1.54, 1.807) is 0 Å². The predicted octanol–water partition coefficient (Wildman–Crippen LogP) is 1.26. The Kier molecular flexibility index (Phi) is 4.95. The molecular weight excluding hydrogens is 206 g/mol. The van der Waals surface area contributed by atoms with Crippen molar-refractivity contribution in [3.05, 3.63) is 35.9 Å². The molecule has 16 heavy (non-hydrogen) atoms. The van der Waals surface area contributed by atoms with Crippen LogP contribution in [0.2, 0.25) is 0 Å². The summed E-state index contributed by atoms with van der Waals surface area (Å²) in [6.45, 7) is 2.07. The third-order valence-electron chi connectivity index (χ3n) is 2.30. The molecule has 4 heteroatoms. The van der Waals surface area contributed by atoms with Crippen molar-refractivity contribution in [2.24, 2.45) is 5.73 Å². The van der Waals surface area contributed by atoms with Crippen LogP contribution in [-0.4, -0.2) is 25.7 Å². The molecule has 0 heterocycles. The largest absolute Gasteiger partial charge is 0.468 e. The van der Waals surface area contributed by atoms with E-state index in [1.165, 1.54) is 7.11 Å². The summed E-state index contributed by atoms with van der Waals surface area (Å²) in [5, 5.41) is 0. The molecule has 0 radical (unpaired) electrons. The first kappa shape index (κ1) is 12.7. The van der Waals surface area contributed by atoms with Crippen molar-refractivity contribution in [2.75, 3.05) is 13.7 Å². The molecule has 0 bridgehead atoms. The third kappa shape index (κ3) is 3.64. The van der Waals surface area contributed by atoms with Crippen LogP contribution in [0.5, 0.6) is 0 Å². The molecule has 0 aliphatic heterocycles. The summed E-state index contributed by atoms with van der Waals surface area (Å²) in [6, 6.07) is 9.03. The van der Waals surface area contributed by atoms with Crippen molar-refractivity contribution in [3.8, 4) is 0 Å². The second kappa shape index (κ2) is 6.25. The van der Waals surface area contributed by atoms with Crippen LogP contribution in [0.4, 0.5) is 0 Å². The first-order valence-corrected chi connectivity index (χ1v) is 5.15. The maximum Gasteiger partial charge on any atom is 0.325 e. The van der Waals surface area contributed by atoms with E-state index >= 15 is 0 Å². The van der Waals surface area contributed by atoms with E-state index in [2.05, 4.69) is 4.74 Å². The highest BCUT2D eigenvalue weighted by Crippen LogP contribution is 2.15. The fourth-order valence-corrected chi connectivity index (χ4v) is 1.29. The van der Waals surface area contributed by atoms with Gasteiger partial charge in [0.05, 0.1) is 19.8 Å². The van der Waals surface area contributed by atoms with Gasteiger partial charge in [0.15, 0.2) is 0 Å². The topological polar surface area (TPSA) is 61.5 Å². The fraction of sp³-hybridized carbons (Fsp3) is 0.417. The van der Waals surface area contributed by atoms with E-state index in [0.717, 1.165) is 5.56 Å². The molecule has 2 N–H and O–H groups in total. The predicted molar refractivity (Wildman–Crippen MR) is 60.8 cm³/mol. The SMILES string of the molecule is COC(=O)C(N)COC(C)c1ccccc1. The summed E-state index contributed by atoms with van der Waals surface area (Å²) in [7, 11) is 1.31. The number of hydrogen-bond donors (Lipinski definition) is 1. The van der Waals surface area contributed by atoms with Crippen molar-refractivity contribution in [1.29, 1.82) is 0 Å². The minimum atomic E-state index is -0.726. The highest BCUT2D eigenvalue weighted by Gasteiger charge is 2.15. The van der Waals surface area contributed by atoms with Crippen LogP contribution in [0.15, 0.2) is 30.3 Å². The average Bonchev–Trinajstić information content (AvgIpc) is 2.35. The first-order valence-electron chi connectivity index (χ1n) is 5.15. The van der Waals surface area contributed by atoms with Crippen molar-refractivity contribution in [2.45, 2.75) is 19.1 Å². The van der Waals surface area contributed by atoms with E-state index in [9.17, 15) is 4.79 Å². The summed E-state index contributed by atoms with van der Waals surface area (Å²) in [5.74, 6) is -0.458. The van der Waals surface area contributed by atoms with Gasteiger partial charge in [-0.25, -0.2) is 0 Å². The number of esters is 1. The maximum atomic E-state index is 11.0. The van der Waals surface area contributed by atoms with Crippen LogP contribution in [0, 0.1) is 0 Å². The monoisotopic (exact) mass is 223 g/mol. The lowest BCUT2D eigenvalue weighted by Crippen LogP contribution is -2.36. The van der Waals surface area contributed by atoms with Gasteiger partial charge in [0, 0.05) is 0 Å². The van der Waals surface area contributed by atoms with Gasteiger partial charge in [-0.1, -0.05) is 30.3 Å². The highest BCUT2D eigenvalue weighted by molar-refractivity contribution is 5.75. The Bertz CT molecular complexity index is 326. The summed E-state index contributed by atoms with van der Waals surface area (Å²) in [5.41, 5.74) is 6.61. The Hall–Kier alpha value is -1.39. The molecule has 1 aromatic carbocycles. The molecule has 0 aromatic heterocycles. The number of benzene rings is 1. The second-order valence-electron chi connectivity index (χ2n) is 3.52. The van der Waals surface area contributed by atoms with Gasteiger partial charge in [-0.15, -0.1) is 0 Å². The van der Waals surface area contributed by atoms with Gasteiger partial charge in [-0.05, 0) is 12.5 Å². The lowest BCUT2D eigenvalue weighted by molar-refractivity contribution is -0.144. The van der Waals surface area contributed by atoms with Crippen LogP contribution >= 0.6 is 0 Å². The minimum Gasteiger partial charge on any atom is -0.468 e. The number of methoxy groups -OCH3 is 1. The van der Waals surface area contributed by atoms with Crippen molar-refractivity contribution in [1.82, 2.24) is 0 Å². The summed E-state index contributed by atoms with van der Waals surface area (Å²) < 4.78 is 9.99. The molecule has 1 aromatic rings. The third-order valence-corrected chi connectivity index (χ3v) is 2.30. The quantitative estimate of drug-likeness (QED) is 0.763. The normalized spacial score (nSPS) is 14.2. The standard InChI is InChI=1S/C12H17NO3/c1-9(10-6-4-3-5-7-10)16-8-11(13)12(14)15-2/h3-7,9,11H,8,13H2,1-2H3. The van der Waals surface area contributed by atoms with Crippen LogP contribution < -0.4 is 5.73 Å². The number of nitrogens with two attached hydrogens (primary N) is 1. The van der Waals surface area contributed by atoms with Gasteiger partial charge in [-0.2, -0.15) is 0 Å². The van der Waals surface area contributed by atoms with Gasteiger partial charge in [0.2, 0.25) is 0 Å². The van der Waals surface area contributed by atoms with Crippen molar-refractivity contribution in [3.63, 3.8) is 0 Å². The number of carbonyl (C=O) groups is 1.